The van der Waals surface area contributed by atoms with Gasteiger partial charge in [-0.3, -0.25) is 0 Å². The van der Waals surface area contributed by atoms with Crippen LogP contribution in [0.4, 0.5) is 0 Å². The lowest BCUT2D eigenvalue weighted by atomic mass is 10.1. The first-order valence-electron chi connectivity index (χ1n) is 14.4. The van der Waals surface area contributed by atoms with Gasteiger partial charge in [-0.05, 0) is 54.0 Å². The van der Waals surface area contributed by atoms with Gasteiger partial charge >= 0.3 is 0 Å². The number of benzene rings is 1. The van der Waals surface area contributed by atoms with Crippen molar-refractivity contribution in [2.24, 2.45) is 0 Å². The molecule has 226 valence electrons. The highest BCUT2D eigenvalue weighted by Crippen LogP contribution is 2.38. The summed E-state index contributed by atoms with van der Waals surface area (Å²) in [6, 6.07) is 10.0. The number of rotatable bonds is 11. The minimum atomic E-state index is -2.02. The van der Waals surface area contributed by atoms with Crippen molar-refractivity contribution in [3.63, 3.8) is 0 Å². The fourth-order valence-electron chi connectivity index (χ4n) is 3.74. The smallest absolute Gasteiger partial charge is 0.192 e. The van der Waals surface area contributed by atoms with Crippen molar-refractivity contribution >= 4 is 16.6 Å². The van der Waals surface area contributed by atoms with Crippen LogP contribution in [0, 0.1) is 0 Å². The lowest BCUT2D eigenvalue weighted by Crippen LogP contribution is -2.49. The zero-order chi connectivity index (χ0) is 29.8. The van der Waals surface area contributed by atoms with Gasteiger partial charge in [0.1, 0.15) is 24.4 Å². The van der Waals surface area contributed by atoms with E-state index in [2.05, 4.69) is 67.7 Å². The maximum atomic E-state index is 10.6. The second kappa shape index (κ2) is 13.4. The quantitative estimate of drug-likeness (QED) is 0.231. The molecule has 6 atom stereocenters. The lowest BCUT2D eigenvalue weighted by Gasteiger charge is -2.41. The molecule has 2 aliphatic heterocycles. The molecule has 0 radical (unpaired) electrons. The van der Waals surface area contributed by atoms with Gasteiger partial charge in [-0.15, -0.1) is 0 Å². The standard InChI is InChI=1S/C31H52O7Si2/c1-30(2,3)39(7,8)34-21-26-24(32)16-18-29(37-26)36-25-17-19-28(33-20-23-14-12-11-13-15-23)38-27(25)22-35-40(9,10)31(4,5)6/h11-19,24-29,32H,20-22H2,1-10H3/t24-,25-,26+,27+,28-,29-/m1/s1. The van der Waals surface area contributed by atoms with Crippen LogP contribution >= 0.6 is 0 Å². The highest BCUT2D eigenvalue weighted by atomic mass is 28.4. The second-order valence-electron chi connectivity index (χ2n) is 13.9. The highest BCUT2D eigenvalue weighted by molar-refractivity contribution is 6.74. The monoisotopic (exact) mass is 592 g/mol. The fraction of sp³-hybridized carbons (Fsp3) is 0.677. The van der Waals surface area contributed by atoms with Gasteiger partial charge in [0, 0.05) is 0 Å². The fourth-order valence-corrected chi connectivity index (χ4v) is 5.77. The molecule has 7 nitrogen and oxygen atoms in total. The van der Waals surface area contributed by atoms with Crippen LogP contribution in [0.15, 0.2) is 54.6 Å². The zero-order valence-corrected chi connectivity index (χ0v) is 28.2. The molecule has 0 aliphatic carbocycles. The molecule has 40 heavy (non-hydrogen) atoms. The van der Waals surface area contributed by atoms with Crippen LogP contribution in [0.2, 0.25) is 36.3 Å². The molecule has 0 unspecified atom stereocenters. The maximum Gasteiger partial charge on any atom is 0.192 e. The minimum Gasteiger partial charge on any atom is -0.414 e. The molecular weight excluding hydrogens is 541 g/mol. The predicted octanol–water partition coefficient (Wildman–Crippen LogP) is 6.56. The van der Waals surface area contributed by atoms with Crippen molar-refractivity contribution < 1.29 is 32.9 Å². The average molecular weight is 593 g/mol. The van der Waals surface area contributed by atoms with Gasteiger partial charge in [0.25, 0.3) is 0 Å². The molecule has 2 heterocycles. The summed E-state index contributed by atoms with van der Waals surface area (Å²) in [5, 5.41) is 10.7. The SMILES string of the molecule is CC(C)(C)[Si](C)(C)OC[C@@H]1O[C@@H](O[C@@H]2C=C[C@H](OCc3ccccc3)O[C@H]2CO[Si](C)(C)C(C)(C)C)C=C[C@H]1O. The van der Waals surface area contributed by atoms with Crippen LogP contribution in [0.5, 0.6) is 0 Å². The maximum absolute atomic E-state index is 10.6. The van der Waals surface area contributed by atoms with Gasteiger partial charge in [0.15, 0.2) is 29.2 Å². The molecule has 1 aromatic carbocycles. The van der Waals surface area contributed by atoms with E-state index in [4.69, 9.17) is 27.8 Å². The van der Waals surface area contributed by atoms with E-state index < -0.39 is 47.5 Å². The summed E-state index contributed by atoms with van der Waals surface area (Å²) >= 11 is 0. The van der Waals surface area contributed by atoms with E-state index in [0.717, 1.165) is 5.56 Å². The van der Waals surface area contributed by atoms with Crippen molar-refractivity contribution in [2.75, 3.05) is 13.2 Å². The van der Waals surface area contributed by atoms with E-state index in [1.54, 1.807) is 12.2 Å². The molecule has 2 aliphatic rings. The third kappa shape index (κ3) is 9.18. The summed E-state index contributed by atoms with van der Waals surface area (Å²) in [6.07, 6.45) is 4.13. The number of hydrogen-bond acceptors (Lipinski definition) is 7. The van der Waals surface area contributed by atoms with Crippen LogP contribution in [0.1, 0.15) is 47.1 Å². The van der Waals surface area contributed by atoms with Gasteiger partial charge in [0.05, 0.1) is 19.8 Å². The molecule has 0 saturated carbocycles. The van der Waals surface area contributed by atoms with Crippen molar-refractivity contribution in [1.82, 2.24) is 0 Å². The first-order chi connectivity index (χ1) is 18.5. The van der Waals surface area contributed by atoms with E-state index >= 15 is 0 Å². The van der Waals surface area contributed by atoms with E-state index in [-0.39, 0.29) is 16.2 Å². The summed E-state index contributed by atoms with van der Waals surface area (Å²) in [5.74, 6) is 0. The van der Waals surface area contributed by atoms with E-state index in [1.807, 2.05) is 42.5 Å². The Bertz CT molecular complexity index is 982. The normalized spacial score (nSPS) is 28.2. The Morgan fingerprint density at radius 3 is 1.82 bits per heavy atom. The summed E-state index contributed by atoms with van der Waals surface area (Å²) in [5.41, 5.74) is 1.08. The molecule has 1 aromatic rings. The Hall–Kier alpha value is -1.15. The second-order valence-corrected chi connectivity index (χ2v) is 23.5. The molecule has 0 spiro atoms. The van der Waals surface area contributed by atoms with E-state index in [9.17, 15) is 5.11 Å². The van der Waals surface area contributed by atoms with Gasteiger partial charge in [0.2, 0.25) is 0 Å². The average Bonchev–Trinajstić information content (AvgIpc) is 2.86. The molecule has 3 rings (SSSR count). The topological polar surface area (TPSA) is 75.6 Å². The van der Waals surface area contributed by atoms with Gasteiger partial charge in [-0.2, -0.15) is 0 Å². The van der Waals surface area contributed by atoms with Crippen LogP contribution in [-0.2, 0) is 34.4 Å². The van der Waals surface area contributed by atoms with Crippen LogP contribution in [0.3, 0.4) is 0 Å². The highest BCUT2D eigenvalue weighted by Gasteiger charge is 2.41. The van der Waals surface area contributed by atoms with E-state index in [1.165, 1.54) is 0 Å². The molecule has 0 amide bonds. The Balaban J connectivity index is 1.68. The first-order valence-corrected chi connectivity index (χ1v) is 20.2. The van der Waals surface area contributed by atoms with Gasteiger partial charge < -0.3 is 32.9 Å². The Labute approximate surface area is 244 Å². The third-order valence-corrected chi connectivity index (χ3v) is 17.7. The van der Waals surface area contributed by atoms with Gasteiger partial charge in [-0.25, -0.2) is 0 Å². The Kier molecular flexibility index (Phi) is 11.2. The van der Waals surface area contributed by atoms with Crippen LogP contribution in [0.25, 0.3) is 0 Å². The zero-order valence-electron chi connectivity index (χ0n) is 26.2. The summed E-state index contributed by atoms with van der Waals surface area (Å²) in [4.78, 5) is 0. The Morgan fingerprint density at radius 2 is 1.25 bits per heavy atom. The molecule has 0 fully saturated rings. The van der Waals surface area contributed by atoms with Crippen LogP contribution in [-0.4, -0.2) is 72.0 Å². The molecule has 0 saturated heterocycles. The third-order valence-electron chi connectivity index (χ3n) is 8.67. The van der Waals surface area contributed by atoms with Crippen molar-refractivity contribution in [2.45, 2.75) is 121 Å². The number of ether oxygens (including phenoxy) is 4. The lowest BCUT2D eigenvalue weighted by molar-refractivity contribution is -0.236. The molecule has 9 heteroatoms. The van der Waals surface area contributed by atoms with Crippen molar-refractivity contribution in [3.8, 4) is 0 Å². The molecule has 1 N–H and O–H groups in total. The number of hydrogen-bond donors (Lipinski definition) is 1. The summed E-state index contributed by atoms with van der Waals surface area (Å²) < 4.78 is 37.9. The predicted molar refractivity (Wildman–Crippen MR) is 164 cm³/mol. The summed E-state index contributed by atoms with van der Waals surface area (Å²) in [7, 11) is -4.01. The Morgan fingerprint density at radius 1 is 0.725 bits per heavy atom. The van der Waals surface area contributed by atoms with Crippen molar-refractivity contribution in [1.29, 1.82) is 0 Å². The molecule has 0 aromatic heterocycles. The first kappa shape index (κ1) is 33.4. The van der Waals surface area contributed by atoms with Gasteiger partial charge in [-0.1, -0.05) is 84.0 Å². The number of aliphatic hydroxyl groups is 1. The summed E-state index contributed by atoms with van der Waals surface area (Å²) in [6.45, 7) is 23.2. The minimum absolute atomic E-state index is 0.0685. The molecular formula is C31H52O7Si2. The van der Waals surface area contributed by atoms with Crippen LogP contribution < -0.4 is 0 Å². The van der Waals surface area contributed by atoms with Crippen molar-refractivity contribution in [3.05, 3.63) is 60.2 Å². The number of aliphatic hydroxyl groups excluding tert-OH is 1. The largest absolute Gasteiger partial charge is 0.414 e. The van der Waals surface area contributed by atoms with E-state index in [0.29, 0.717) is 19.8 Å². The molecule has 0 bridgehead atoms.